The van der Waals surface area contributed by atoms with Crippen LogP contribution >= 0.6 is 0 Å². The Labute approximate surface area is 147 Å². The van der Waals surface area contributed by atoms with Crippen LogP contribution in [0.2, 0.25) is 0 Å². The van der Waals surface area contributed by atoms with Gasteiger partial charge in [0, 0.05) is 11.6 Å². The summed E-state index contributed by atoms with van der Waals surface area (Å²) in [5.41, 5.74) is 1.11. The Bertz CT molecular complexity index is 671. The lowest BCUT2D eigenvalue weighted by Gasteiger charge is -2.54. The molecule has 4 fully saturated rings. The van der Waals surface area contributed by atoms with Gasteiger partial charge in [0.05, 0.1) is 17.1 Å². The minimum absolute atomic E-state index is 0.0689. The molecule has 0 saturated heterocycles. The fraction of sp³-hybridized carbons (Fsp3) is 0.650. The molecule has 4 bridgehead atoms. The quantitative estimate of drug-likeness (QED) is 0.452. The summed E-state index contributed by atoms with van der Waals surface area (Å²) < 4.78 is 4.97. The average Bonchev–Trinajstić information content (AvgIpc) is 2.57. The number of ether oxygens (including phenoxy) is 1. The highest BCUT2D eigenvalue weighted by Gasteiger charge is 2.48. The number of esters is 1. The molecule has 0 N–H and O–H groups in total. The summed E-state index contributed by atoms with van der Waals surface area (Å²) in [6.45, 7) is 2.00. The van der Waals surface area contributed by atoms with Gasteiger partial charge in [-0.1, -0.05) is 6.07 Å². The highest BCUT2D eigenvalue weighted by atomic mass is 16.6. The van der Waals surface area contributed by atoms with E-state index in [2.05, 4.69) is 0 Å². The number of rotatable bonds is 5. The van der Waals surface area contributed by atoms with Crippen LogP contribution in [-0.2, 0) is 11.2 Å². The van der Waals surface area contributed by atoms with Crippen molar-refractivity contribution in [3.05, 3.63) is 39.4 Å². The van der Waals surface area contributed by atoms with Crippen LogP contribution in [0.5, 0.6) is 0 Å². The largest absolute Gasteiger partial charge is 0.462 e. The minimum Gasteiger partial charge on any atom is -0.462 e. The van der Waals surface area contributed by atoms with Gasteiger partial charge in [-0.05, 0) is 81.1 Å². The van der Waals surface area contributed by atoms with Gasteiger partial charge in [-0.15, -0.1) is 0 Å². The number of nitrogens with zero attached hydrogens (tertiary/aromatic N) is 1. The molecular formula is C20H25NO4. The van der Waals surface area contributed by atoms with Crippen LogP contribution in [0.4, 0.5) is 5.69 Å². The molecule has 0 unspecified atom stereocenters. The number of benzene rings is 1. The Balaban J connectivity index is 1.58. The van der Waals surface area contributed by atoms with Crippen molar-refractivity contribution in [3.63, 3.8) is 0 Å². The van der Waals surface area contributed by atoms with Gasteiger partial charge >= 0.3 is 5.97 Å². The fourth-order valence-corrected chi connectivity index (χ4v) is 5.87. The molecule has 5 nitrogen and oxygen atoms in total. The number of carbonyl (C=O) groups is 1. The molecule has 0 atom stereocenters. The normalized spacial score (nSPS) is 32.6. The summed E-state index contributed by atoms with van der Waals surface area (Å²) in [4.78, 5) is 23.1. The number of hydrogen-bond donors (Lipinski definition) is 0. The second-order valence-corrected chi connectivity index (χ2v) is 8.12. The molecule has 0 aliphatic heterocycles. The molecule has 0 spiro atoms. The Morgan fingerprint density at radius 1 is 1.16 bits per heavy atom. The van der Waals surface area contributed by atoms with E-state index in [9.17, 15) is 14.9 Å². The smallest absolute Gasteiger partial charge is 0.338 e. The summed E-state index contributed by atoms with van der Waals surface area (Å²) in [5.74, 6) is 3.35. The maximum absolute atomic E-state index is 11.9. The highest BCUT2D eigenvalue weighted by molar-refractivity contribution is 5.90. The van der Waals surface area contributed by atoms with E-state index in [1.54, 1.807) is 19.1 Å². The molecule has 134 valence electrons. The molecule has 1 aromatic carbocycles. The van der Waals surface area contributed by atoms with Gasteiger partial charge in [-0.25, -0.2) is 4.79 Å². The van der Waals surface area contributed by atoms with Crippen LogP contribution in [-0.4, -0.2) is 17.5 Å². The van der Waals surface area contributed by atoms with Crippen molar-refractivity contribution in [2.75, 3.05) is 6.61 Å². The van der Waals surface area contributed by atoms with E-state index in [0.717, 1.165) is 35.7 Å². The van der Waals surface area contributed by atoms with Crippen LogP contribution in [0.1, 0.15) is 54.9 Å². The van der Waals surface area contributed by atoms with Crippen LogP contribution in [0, 0.1) is 39.7 Å². The molecule has 5 rings (SSSR count). The number of nitro groups is 1. The monoisotopic (exact) mass is 343 g/mol. The standard InChI is InChI=1S/C20H25NO4/c1-2-25-20(22)15-4-3-14(19(11-15)21(23)24)10-18-16-6-12-5-13(8-16)9-17(18)7-12/h3-4,11-13,16-18H,2,5-10H2,1H3. The Morgan fingerprint density at radius 3 is 2.36 bits per heavy atom. The lowest BCUT2D eigenvalue weighted by molar-refractivity contribution is -0.385. The van der Waals surface area contributed by atoms with Crippen molar-refractivity contribution in [1.82, 2.24) is 0 Å². The third-order valence-corrected chi connectivity index (χ3v) is 6.67. The first-order valence-corrected chi connectivity index (χ1v) is 9.49. The zero-order valence-corrected chi connectivity index (χ0v) is 14.6. The van der Waals surface area contributed by atoms with Crippen molar-refractivity contribution < 1.29 is 14.5 Å². The maximum atomic E-state index is 11.9. The third-order valence-electron chi connectivity index (χ3n) is 6.67. The van der Waals surface area contributed by atoms with Gasteiger partial charge in [-0.2, -0.15) is 0 Å². The van der Waals surface area contributed by atoms with E-state index in [-0.39, 0.29) is 22.8 Å². The van der Waals surface area contributed by atoms with Crippen LogP contribution in [0.3, 0.4) is 0 Å². The van der Waals surface area contributed by atoms with E-state index in [4.69, 9.17) is 4.74 Å². The zero-order chi connectivity index (χ0) is 17.6. The number of nitro benzene ring substituents is 1. The lowest BCUT2D eigenvalue weighted by atomic mass is 9.51. The van der Waals surface area contributed by atoms with Gasteiger partial charge < -0.3 is 4.74 Å². The molecule has 1 aromatic rings. The van der Waals surface area contributed by atoms with Gasteiger partial charge in [0.2, 0.25) is 0 Å². The summed E-state index contributed by atoms with van der Waals surface area (Å²) in [6.07, 6.45) is 7.43. The Hall–Kier alpha value is -1.91. The van der Waals surface area contributed by atoms with Gasteiger partial charge in [-0.3, -0.25) is 10.1 Å². The second kappa shape index (κ2) is 6.43. The first-order valence-electron chi connectivity index (χ1n) is 9.49. The summed E-state index contributed by atoms with van der Waals surface area (Å²) in [6, 6.07) is 4.84. The molecule has 25 heavy (non-hydrogen) atoms. The van der Waals surface area contributed by atoms with E-state index >= 15 is 0 Å². The van der Waals surface area contributed by atoms with Crippen LogP contribution in [0.25, 0.3) is 0 Å². The van der Waals surface area contributed by atoms with E-state index in [1.807, 2.05) is 0 Å². The van der Waals surface area contributed by atoms with E-state index in [1.165, 1.54) is 38.2 Å². The number of carbonyl (C=O) groups excluding carboxylic acids is 1. The Morgan fingerprint density at radius 2 is 1.80 bits per heavy atom. The molecule has 5 heteroatoms. The molecule has 0 heterocycles. The molecule has 4 saturated carbocycles. The molecule has 0 radical (unpaired) electrons. The number of hydrogen-bond acceptors (Lipinski definition) is 4. The second-order valence-electron chi connectivity index (χ2n) is 8.12. The zero-order valence-electron chi connectivity index (χ0n) is 14.6. The molecule has 0 aromatic heterocycles. The highest BCUT2D eigenvalue weighted by Crippen LogP contribution is 2.57. The maximum Gasteiger partial charge on any atom is 0.338 e. The molecule has 4 aliphatic rings. The van der Waals surface area contributed by atoms with Crippen LogP contribution < -0.4 is 0 Å². The van der Waals surface area contributed by atoms with E-state index < -0.39 is 5.97 Å². The van der Waals surface area contributed by atoms with Gasteiger partial charge in [0.1, 0.15) is 0 Å². The molecule has 0 amide bonds. The SMILES string of the molecule is CCOC(=O)c1ccc(CC2C3CC4CC(C3)CC2C4)c([N+](=O)[O-])c1. The van der Waals surface area contributed by atoms with Crippen molar-refractivity contribution in [1.29, 1.82) is 0 Å². The predicted molar refractivity (Wildman–Crippen MR) is 93.3 cm³/mol. The minimum atomic E-state index is -0.494. The van der Waals surface area contributed by atoms with Crippen molar-refractivity contribution in [2.45, 2.75) is 45.4 Å². The van der Waals surface area contributed by atoms with Gasteiger partial charge in [0.25, 0.3) is 5.69 Å². The first kappa shape index (κ1) is 16.6. The lowest BCUT2D eigenvalue weighted by Crippen LogP contribution is -2.45. The first-order chi connectivity index (χ1) is 12.0. The Kier molecular flexibility index (Phi) is 4.26. The summed E-state index contributed by atoms with van der Waals surface area (Å²) >= 11 is 0. The summed E-state index contributed by atoms with van der Waals surface area (Å²) in [5, 5.41) is 11.6. The van der Waals surface area contributed by atoms with Crippen molar-refractivity contribution in [3.8, 4) is 0 Å². The fourth-order valence-electron chi connectivity index (χ4n) is 5.87. The third kappa shape index (κ3) is 3.05. The van der Waals surface area contributed by atoms with Crippen molar-refractivity contribution >= 4 is 11.7 Å². The van der Waals surface area contributed by atoms with Crippen LogP contribution in [0.15, 0.2) is 18.2 Å². The molecule has 4 aliphatic carbocycles. The molecular weight excluding hydrogens is 318 g/mol. The predicted octanol–water partition coefficient (Wildman–Crippen LogP) is 4.39. The topological polar surface area (TPSA) is 69.4 Å². The van der Waals surface area contributed by atoms with Gasteiger partial charge in [0.15, 0.2) is 0 Å². The average molecular weight is 343 g/mol. The summed E-state index contributed by atoms with van der Waals surface area (Å²) in [7, 11) is 0. The van der Waals surface area contributed by atoms with E-state index in [0.29, 0.717) is 5.92 Å². The van der Waals surface area contributed by atoms with Crippen molar-refractivity contribution in [2.24, 2.45) is 29.6 Å².